The Morgan fingerprint density at radius 2 is 2.21 bits per heavy atom. The molecule has 80 valence electrons. The molecule has 0 bridgehead atoms. The Labute approximate surface area is 86.5 Å². The molecule has 0 fully saturated rings. The van der Waals surface area contributed by atoms with Gasteiger partial charge in [0.25, 0.3) is 0 Å². The lowest BCUT2D eigenvalue weighted by molar-refractivity contribution is 0.437. The Hall–Kier alpha value is -0.830. The van der Waals surface area contributed by atoms with Crippen molar-refractivity contribution in [3.8, 4) is 0 Å². The molecule has 1 atom stereocenters. The predicted molar refractivity (Wildman–Crippen MR) is 59.2 cm³/mol. The van der Waals surface area contributed by atoms with Gasteiger partial charge in [-0.2, -0.15) is 5.10 Å². The standard InChI is InChI=1S/C11H21N3/c1-9(2)7-11(12-3)8-10-5-6-14(4)13-10/h5-6,9,11-12H,7-8H2,1-4H3. The van der Waals surface area contributed by atoms with Gasteiger partial charge >= 0.3 is 0 Å². The van der Waals surface area contributed by atoms with Crippen molar-refractivity contribution in [2.75, 3.05) is 7.05 Å². The van der Waals surface area contributed by atoms with Crippen molar-refractivity contribution >= 4 is 0 Å². The van der Waals surface area contributed by atoms with Crippen LogP contribution in [0.4, 0.5) is 0 Å². The van der Waals surface area contributed by atoms with Crippen molar-refractivity contribution in [1.82, 2.24) is 15.1 Å². The normalized spacial score (nSPS) is 13.5. The minimum atomic E-state index is 0.546. The summed E-state index contributed by atoms with van der Waals surface area (Å²) in [5, 5.41) is 7.72. The highest BCUT2D eigenvalue weighted by molar-refractivity contribution is 5.01. The fourth-order valence-corrected chi connectivity index (χ4v) is 1.70. The Morgan fingerprint density at radius 1 is 1.50 bits per heavy atom. The summed E-state index contributed by atoms with van der Waals surface area (Å²) in [7, 11) is 3.98. The van der Waals surface area contributed by atoms with E-state index in [1.54, 1.807) is 0 Å². The van der Waals surface area contributed by atoms with E-state index in [9.17, 15) is 0 Å². The van der Waals surface area contributed by atoms with Crippen molar-refractivity contribution < 1.29 is 0 Å². The Morgan fingerprint density at radius 3 is 2.64 bits per heavy atom. The number of aromatic nitrogens is 2. The van der Waals surface area contributed by atoms with Crippen LogP contribution in [0.5, 0.6) is 0 Å². The molecule has 1 rings (SSSR count). The second-order valence-electron chi connectivity index (χ2n) is 4.30. The van der Waals surface area contributed by atoms with Crippen molar-refractivity contribution in [3.05, 3.63) is 18.0 Å². The van der Waals surface area contributed by atoms with Gasteiger partial charge < -0.3 is 5.32 Å². The van der Waals surface area contributed by atoms with Crippen LogP contribution in [-0.2, 0) is 13.5 Å². The molecule has 3 heteroatoms. The first-order valence-electron chi connectivity index (χ1n) is 5.27. The van der Waals surface area contributed by atoms with Gasteiger partial charge in [-0.25, -0.2) is 0 Å². The number of likely N-dealkylation sites (N-methyl/N-ethyl adjacent to an activating group) is 1. The minimum absolute atomic E-state index is 0.546. The summed E-state index contributed by atoms with van der Waals surface area (Å²) in [6.45, 7) is 4.51. The second kappa shape index (κ2) is 5.15. The number of rotatable bonds is 5. The smallest absolute Gasteiger partial charge is 0.0639 e. The van der Waals surface area contributed by atoms with E-state index >= 15 is 0 Å². The van der Waals surface area contributed by atoms with Crippen LogP contribution in [0, 0.1) is 5.92 Å². The summed E-state index contributed by atoms with van der Waals surface area (Å²) >= 11 is 0. The molecule has 0 saturated heterocycles. The third-order valence-electron chi connectivity index (χ3n) is 2.39. The molecule has 0 aliphatic heterocycles. The van der Waals surface area contributed by atoms with Gasteiger partial charge in [-0.15, -0.1) is 0 Å². The molecular formula is C11H21N3. The van der Waals surface area contributed by atoms with Crippen LogP contribution in [-0.4, -0.2) is 22.9 Å². The van der Waals surface area contributed by atoms with E-state index in [0.29, 0.717) is 6.04 Å². The van der Waals surface area contributed by atoms with E-state index in [1.165, 1.54) is 12.1 Å². The topological polar surface area (TPSA) is 29.9 Å². The SMILES string of the molecule is CNC(Cc1ccn(C)n1)CC(C)C. The van der Waals surface area contributed by atoms with E-state index < -0.39 is 0 Å². The summed E-state index contributed by atoms with van der Waals surface area (Å²) in [4.78, 5) is 0. The summed E-state index contributed by atoms with van der Waals surface area (Å²) < 4.78 is 1.86. The number of aryl methyl sites for hydroxylation is 1. The van der Waals surface area contributed by atoms with Gasteiger partial charge in [-0.3, -0.25) is 4.68 Å². The lowest BCUT2D eigenvalue weighted by Crippen LogP contribution is -2.29. The fraction of sp³-hybridized carbons (Fsp3) is 0.727. The van der Waals surface area contributed by atoms with Gasteiger partial charge in [-0.1, -0.05) is 13.8 Å². The number of nitrogens with zero attached hydrogens (tertiary/aromatic N) is 2. The predicted octanol–water partition coefficient (Wildman–Crippen LogP) is 1.60. The zero-order chi connectivity index (χ0) is 10.6. The van der Waals surface area contributed by atoms with Crippen LogP contribution in [0.15, 0.2) is 12.3 Å². The van der Waals surface area contributed by atoms with Crippen molar-refractivity contribution in [1.29, 1.82) is 0 Å². The maximum atomic E-state index is 4.38. The molecule has 0 radical (unpaired) electrons. The molecule has 0 aliphatic rings. The van der Waals surface area contributed by atoms with Crippen LogP contribution in [0.1, 0.15) is 26.0 Å². The van der Waals surface area contributed by atoms with Crippen LogP contribution in [0.2, 0.25) is 0 Å². The second-order valence-corrected chi connectivity index (χ2v) is 4.30. The number of nitrogens with one attached hydrogen (secondary N) is 1. The van der Waals surface area contributed by atoms with Crippen LogP contribution in [0.25, 0.3) is 0 Å². The Bertz CT molecular complexity index is 265. The van der Waals surface area contributed by atoms with Crippen LogP contribution < -0.4 is 5.32 Å². The molecule has 0 spiro atoms. The average Bonchev–Trinajstić information content (AvgIpc) is 2.49. The minimum Gasteiger partial charge on any atom is -0.317 e. The zero-order valence-corrected chi connectivity index (χ0v) is 9.62. The summed E-state index contributed by atoms with van der Waals surface area (Å²) in [6.07, 6.45) is 4.22. The summed E-state index contributed by atoms with van der Waals surface area (Å²) in [6, 6.07) is 2.63. The van der Waals surface area contributed by atoms with E-state index in [-0.39, 0.29) is 0 Å². The summed E-state index contributed by atoms with van der Waals surface area (Å²) in [5.74, 6) is 0.733. The summed E-state index contributed by atoms with van der Waals surface area (Å²) in [5.41, 5.74) is 1.17. The molecule has 0 aliphatic carbocycles. The highest BCUT2D eigenvalue weighted by Gasteiger charge is 2.10. The maximum Gasteiger partial charge on any atom is 0.0639 e. The Balaban J connectivity index is 2.48. The molecule has 1 aromatic rings. The Kier molecular flexibility index (Phi) is 4.14. The van der Waals surface area contributed by atoms with Crippen LogP contribution in [0.3, 0.4) is 0 Å². The number of hydrogen-bond acceptors (Lipinski definition) is 2. The highest BCUT2D eigenvalue weighted by atomic mass is 15.2. The lowest BCUT2D eigenvalue weighted by atomic mass is 10.0. The largest absolute Gasteiger partial charge is 0.317 e. The molecule has 0 saturated carbocycles. The maximum absolute atomic E-state index is 4.38. The zero-order valence-electron chi connectivity index (χ0n) is 9.62. The monoisotopic (exact) mass is 195 g/mol. The quantitative estimate of drug-likeness (QED) is 0.773. The lowest BCUT2D eigenvalue weighted by Gasteiger charge is -2.16. The van der Waals surface area contributed by atoms with Crippen molar-refractivity contribution in [2.45, 2.75) is 32.7 Å². The van der Waals surface area contributed by atoms with Gasteiger partial charge in [0.15, 0.2) is 0 Å². The van der Waals surface area contributed by atoms with Gasteiger partial charge in [0.1, 0.15) is 0 Å². The van der Waals surface area contributed by atoms with Gasteiger partial charge in [0, 0.05) is 25.7 Å². The first-order chi connectivity index (χ1) is 6.61. The number of hydrogen-bond donors (Lipinski definition) is 1. The van der Waals surface area contributed by atoms with Crippen LogP contribution >= 0.6 is 0 Å². The van der Waals surface area contributed by atoms with Crippen molar-refractivity contribution in [2.24, 2.45) is 13.0 Å². The third-order valence-corrected chi connectivity index (χ3v) is 2.39. The first kappa shape index (κ1) is 11.2. The molecule has 1 heterocycles. The fourth-order valence-electron chi connectivity index (χ4n) is 1.70. The average molecular weight is 195 g/mol. The van der Waals surface area contributed by atoms with E-state index in [0.717, 1.165) is 12.3 Å². The molecule has 14 heavy (non-hydrogen) atoms. The highest BCUT2D eigenvalue weighted by Crippen LogP contribution is 2.09. The molecule has 0 amide bonds. The van der Waals surface area contributed by atoms with Gasteiger partial charge in [0.2, 0.25) is 0 Å². The molecule has 1 N–H and O–H groups in total. The van der Waals surface area contributed by atoms with Crippen molar-refractivity contribution in [3.63, 3.8) is 0 Å². The molecule has 1 aromatic heterocycles. The molecular weight excluding hydrogens is 174 g/mol. The van der Waals surface area contributed by atoms with Gasteiger partial charge in [-0.05, 0) is 25.5 Å². The van der Waals surface area contributed by atoms with Gasteiger partial charge in [0.05, 0.1) is 5.69 Å². The third kappa shape index (κ3) is 3.50. The van der Waals surface area contributed by atoms with E-state index in [1.807, 2.05) is 25.0 Å². The molecule has 3 nitrogen and oxygen atoms in total. The van der Waals surface area contributed by atoms with E-state index in [2.05, 4.69) is 30.3 Å². The molecule has 0 aromatic carbocycles. The van der Waals surface area contributed by atoms with E-state index in [4.69, 9.17) is 0 Å². The molecule has 1 unspecified atom stereocenters. The first-order valence-corrected chi connectivity index (χ1v) is 5.27.